The fourth-order valence-electron chi connectivity index (χ4n) is 1.56. The minimum absolute atomic E-state index is 0.221. The van der Waals surface area contributed by atoms with Crippen molar-refractivity contribution in [3.05, 3.63) is 22.4 Å². The first kappa shape index (κ1) is 13.7. The van der Waals surface area contributed by atoms with E-state index in [1.165, 1.54) is 4.88 Å². The molecule has 92 valence electrons. The molecule has 1 rings (SSSR count). The maximum Gasteiger partial charge on any atom is 0.00970 e. The average Bonchev–Trinajstić information content (AvgIpc) is 2.63. The molecule has 0 aliphatic heterocycles. The summed E-state index contributed by atoms with van der Waals surface area (Å²) in [5.41, 5.74) is 0.221. The zero-order valence-corrected chi connectivity index (χ0v) is 11.7. The van der Waals surface area contributed by atoms with E-state index < -0.39 is 0 Å². The van der Waals surface area contributed by atoms with Gasteiger partial charge in [0.05, 0.1) is 0 Å². The van der Waals surface area contributed by atoms with Gasteiger partial charge in [0.25, 0.3) is 0 Å². The fraction of sp³-hybridized carbons (Fsp3) is 0.692. The molecule has 0 aliphatic carbocycles. The highest BCUT2D eigenvalue weighted by molar-refractivity contribution is 7.09. The standard InChI is InChI=1S/C13H24N2S/c1-11(10-12-6-5-9-16-12)14-7-8-15-13(2,3)4/h5-6,9,11,14-15H,7-8,10H2,1-4H3. The molecule has 3 heteroatoms. The van der Waals surface area contributed by atoms with Gasteiger partial charge in [-0.25, -0.2) is 0 Å². The molecule has 1 heterocycles. The Labute approximate surface area is 103 Å². The summed E-state index contributed by atoms with van der Waals surface area (Å²) in [5.74, 6) is 0. The SMILES string of the molecule is CC(Cc1cccs1)NCCNC(C)(C)C. The molecule has 0 bridgehead atoms. The van der Waals surface area contributed by atoms with Crippen LogP contribution in [0.2, 0.25) is 0 Å². The molecule has 16 heavy (non-hydrogen) atoms. The third-order valence-corrected chi connectivity index (χ3v) is 3.26. The summed E-state index contributed by atoms with van der Waals surface area (Å²) in [7, 11) is 0. The first-order valence-electron chi connectivity index (χ1n) is 5.98. The molecule has 0 saturated heterocycles. The van der Waals surface area contributed by atoms with Gasteiger partial charge in [-0.2, -0.15) is 0 Å². The van der Waals surface area contributed by atoms with Crippen LogP contribution in [0, 0.1) is 0 Å². The minimum atomic E-state index is 0.221. The van der Waals surface area contributed by atoms with Crippen molar-refractivity contribution in [2.45, 2.75) is 45.7 Å². The van der Waals surface area contributed by atoms with Gasteiger partial charge in [-0.3, -0.25) is 0 Å². The number of nitrogens with one attached hydrogen (secondary N) is 2. The second-order valence-electron chi connectivity index (χ2n) is 5.32. The highest BCUT2D eigenvalue weighted by atomic mass is 32.1. The van der Waals surface area contributed by atoms with Crippen molar-refractivity contribution in [3.8, 4) is 0 Å². The summed E-state index contributed by atoms with van der Waals surface area (Å²) < 4.78 is 0. The van der Waals surface area contributed by atoms with Crippen molar-refractivity contribution in [3.63, 3.8) is 0 Å². The van der Waals surface area contributed by atoms with Crippen molar-refractivity contribution >= 4 is 11.3 Å². The first-order valence-corrected chi connectivity index (χ1v) is 6.86. The fourth-order valence-corrected chi connectivity index (χ4v) is 2.39. The zero-order chi connectivity index (χ0) is 12.0. The van der Waals surface area contributed by atoms with E-state index in [0.29, 0.717) is 6.04 Å². The maximum atomic E-state index is 3.54. The molecule has 0 fully saturated rings. The molecular formula is C13H24N2S. The van der Waals surface area contributed by atoms with Gasteiger partial charge in [-0.15, -0.1) is 11.3 Å². The second kappa shape index (κ2) is 6.38. The summed E-state index contributed by atoms with van der Waals surface area (Å²) in [6.07, 6.45) is 1.13. The van der Waals surface area contributed by atoms with Crippen LogP contribution in [0.5, 0.6) is 0 Å². The van der Waals surface area contributed by atoms with Crippen LogP contribution in [0.3, 0.4) is 0 Å². The summed E-state index contributed by atoms with van der Waals surface area (Å²) in [5, 5.41) is 9.16. The molecule has 0 amide bonds. The zero-order valence-electron chi connectivity index (χ0n) is 10.8. The quantitative estimate of drug-likeness (QED) is 0.747. The van der Waals surface area contributed by atoms with Gasteiger partial charge in [0.2, 0.25) is 0 Å². The van der Waals surface area contributed by atoms with Crippen LogP contribution in [0.1, 0.15) is 32.6 Å². The van der Waals surface area contributed by atoms with Gasteiger partial charge < -0.3 is 10.6 Å². The van der Waals surface area contributed by atoms with E-state index in [9.17, 15) is 0 Å². The van der Waals surface area contributed by atoms with E-state index in [4.69, 9.17) is 0 Å². The van der Waals surface area contributed by atoms with Crippen LogP contribution in [-0.2, 0) is 6.42 Å². The minimum Gasteiger partial charge on any atom is -0.313 e. The Kier molecular flexibility index (Phi) is 5.46. The Morgan fingerprint density at radius 3 is 2.62 bits per heavy atom. The van der Waals surface area contributed by atoms with Crippen LogP contribution in [0.4, 0.5) is 0 Å². The van der Waals surface area contributed by atoms with Crippen LogP contribution < -0.4 is 10.6 Å². The number of hydrogen-bond acceptors (Lipinski definition) is 3. The molecular weight excluding hydrogens is 216 g/mol. The van der Waals surface area contributed by atoms with Crippen molar-refractivity contribution in [1.82, 2.24) is 10.6 Å². The summed E-state index contributed by atoms with van der Waals surface area (Å²) in [4.78, 5) is 1.46. The monoisotopic (exact) mass is 240 g/mol. The molecule has 2 nitrogen and oxygen atoms in total. The molecule has 1 aromatic heterocycles. The molecule has 0 aliphatic rings. The van der Waals surface area contributed by atoms with Crippen molar-refractivity contribution in [2.75, 3.05) is 13.1 Å². The molecule has 1 aromatic rings. The van der Waals surface area contributed by atoms with Gasteiger partial charge in [0.15, 0.2) is 0 Å². The van der Waals surface area contributed by atoms with E-state index in [1.54, 1.807) is 0 Å². The second-order valence-corrected chi connectivity index (χ2v) is 6.35. The normalized spacial score (nSPS) is 14.0. The van der Waals surface area contributed by atoms with Crippen molar-refractivity contribution < 1.29 is 0 Å². The van der Waals surface area contributed by atoms with Crippen LogP contribution >= 0.6 is 11.3 Å². The lowest BCUT2D eigenvalue weighted by Crippen LogP contribution is -2.42. The Morgan fingerprint density at radius 2 is 2.06 bits per heavy atom. The molecule has 0 aromatic carbocycles. The van der Waals surface area contributed by atoms with Crippen molar-refractivity contribution in [1.29, 1.82) is 0 Å². The van der Waals surface area contributed by atoms with Gasteiger partial charge >= 0.3 is 0 Å². The summed E-state index contributed by atoms with van der Waals surface area (Å²) in [6.45, 7) is 10.9. The third kappa shape index (κ3) is 6.26. The number of thiophene rings is 1. The predicted molar refractivity (Wildman–Crippen MR) is 73.2 cm³/mol. The van der Waals surface area contributed by atoms with Crippen LogP contribution in [0.25, 0.3) is 0 Å². The third-order valence-electron chi connectivity index (χ3n) is 2.36. The Hall–Kier alpha value is -0.380. The maximum absolute atomic E-state index is 3.54. The van der Waals surface area contributed by atoms with E-state index in [-0.39, 0.29) is 5.54 Å². The number of rotatable bonds is 6. The van der Waals surface area contributed by atoms with Gasteiger partial charge in [0.1, 0.15) is 0 Å². The topological polar surface area (TPSA) is 24.1 Å². The molecule has 1 unspecified atom stereocenters. The molecule has 0 spiro atoms. The average molecular weight is 240 g/mol. The molecule has 0 radical (unpaired) electrons. The van der Waals surface area contributed by atoms with E-state index in [2.05, 4.69) is 55.8 Å². The summed E-state index contributed by atoms with van der Waals surface area (Å²) >= 11 is 1.84. The van der Waals surface area contributed by atoms with Crippen molar-refractivity contribution in [2.24, 2.45) is 0 Å². The lowest BCUT2D eigenvalue weighted by atomic mass is 10.1. The smallest absolute Gasteiger partial charge is 0.00970 e. The van der Waals surface area contributed by atoms with E-state index in [0.717, 1.165) is 19.5 Å². The lowest BCUT2D eigenvalue weighted by molar-refractivity contribution is 0.412. The van der Waals surface area contributed by atoms with E-state index in [1.807, 2.05) is 11.3 Å². The Morgan fingerprint density at radius 1 is 1.31 bits per heavy atom. The van der Waals surface area contributed by atoms with Gasteiger partial charge in [0, 0.05) is 29.5 Å². The van der Waals surface area contributed by atoms with Gasteiger partial charge in [-0.05, 0) is 45.6 Å². The lowest BCUT2D eigenvalue weighted by Gasteiger charge is -2.21. The molecule has 0 saturated carbocycles. The van der Waals surface area contributed by atoms with Crippen LogP contribution in [-0.4, -0.2) is 24.7 Å². The molecule has 1 atom stereocenters. The van der Waals surface area contributed by atoms with E-state index >= 15 is 0 Å². The highest BCUT2D eigenvalue weighted by Gasteiger charge is 2.08. The summed E-state index contributed by atoms with van der Waals surface area (Å²) in [6, 6.07) is 4.88. The van der Waals surface area contributed by atoms with Crippen LogP contribution in [0.15, 0.2) is 17.5 Å². The van der Waals surface area contributed by atoms with Gasteiger partial charge in [-0.1, -0.05) is 6.07 Å². The highest BCUT2D eigenvalue weighted by Crippen LogP contribution is 2.10. The predicted octanol–water partition coefficient (Wildman–Crippen LogP) is 2.66. The largest absolute Gasteiger partial charge is 0.313 e. The number of hydrogen-bond donors (Lipinski definition) is 2. The Balaban J connectivity index is 2.09. The first-order chi connectivity index (χ1) is 7.47. The Bertz CT molecular complexity index is 275. The molecule has 2 N–H and O–H groups in total.